The van der Waals surface area contributed by atoms with Crippen molar-refractivity contribution >= 4 is 19.2 Å². The molecule has 0 spiro atoms. The van der Waals surface area contributed by atoms with Crippen molar-refractivity contribution in [1.82, 2.24) is 0 Å². The van der Waals surface area contributed by atoms with E-state index in [1.165, 1.54) is 74.7 Å². The van der Waals surface area contributed by atoms with Crippen LogP contribution in [-0.2, 0) is 6.42 Å². The number of benzene rings is 2. The van der Waals surface area contributed by atoms with Gasteiger partial charge in [-0.3, -0.25) is 0 Å². The largest absolute Gasteiger partial charge is 0.204 e. The molecule has 0 amide bonds. The molecule has 4 rings (SSSR count). The van der Waals surface area contributed by atoms with Crippen LogP contribution in [0.1, 0.15) is 50.5 Å². The van der Waals surface area contributed by atoms with Gasteiger partial charge >= 0.3 is 0 Å². The fourth-order valence-corrected chi connectivity index (χ4v) is 8.03. The first kappa shape index (κ1) is 21.1. The standard InChI is InChI=1S/C25H31ClF2Si/c26-29-15-13-22(14-16-29)20-7-3-18(4-8-20)1-2-19-5-9-21(10-6-19)23-11-12-24(27)25(28)17-23/h5-6,9-12,17-18,20,22,29H,1-4,7-8,13-16H2. The molecule has 0 N–H and O–H groups in total. The van der Waals surface area contributed by atoms with E-state index in [4.69, 9.17) is 11.1 Å². The minimum atomic E-state index is -0.838. The Hall–Kier alpha value is -1.19. The summed E-state index contributed by atoms with van der Waals surface area (Å²) in [5.74, 6) is 1.19. The summed E-state index contributed by atoms with van der Waals surface area (Å²) >= 11 is 6.41. The quantitative estimate of drug-likeness (QED) is 0.334. The van der Waals surface area contributed by atoms with Crippen molar-refractivity contribution in [2.24, 2.45) is 17.8 Å². The molecule has 2 aromatic carbocycles. The van der Waals surface area contributed by atoms with Crippen LogP contribution in [0, 0.1) is 29.4 Å². The molecule has 2 aromatic rings. The number of halogens is 3. The smallest absolute Gasteiger partial charge is 0.159 e. The van der Waals surface area contributed by atoms with Crippen LogP contribution in [0.25, 0.3) is 11.1 Å². The van der Waals surface area contributed by atoms with E-state index < -0.39 is 19.7 Å². The summed E-state index contributed by atoms with van der Waals surface area (Å²) in [6.07, 6.45) is 10.8. The van der Waals surface area contributed by atoms with Gasteiger partial charge in [0.15, 0.2) is 11.6 Å². The third-order valence-corrected chi connectivity index (χ3v) is 10.5. The summed E-state index contributed by atoms with van der Waals surface area (Å²) < 4.78 is 26.6. The fraction of sp³-hybridized carbons (Fsp3) is 0.520. The SMILES string of the molecule is Fc1ccc(-c2ccc(CCC3CCC(C4CC[SiH](Cl)CC4)CC3)cc2)cc1F. The number of aryl methyl sites for hydroxylation is 1. The third kappa shape index (κ3) is 5.49. The molecule has 2 fully saturated rings. The fourth-order valence-electron chi connectivity index (χ4n) is 5.41. The first-order valence-electron chi connectivity index (χ1n) is 11.3. The van der Waals surface area contributed by atoms with Gasteiger partial charge in [-0.2, -0.15) is 11.1 Å². The molecule has 0 nitrogen and oxygen atoms in total. The first-order chi connectivity index (χ1) is 14.1. The lowest BCUT2D eigenvalue weighted by atomic mass is 9.73. The lowest BCUT2D eigenvalue weighted by Gasteiger charge is -2.36. The lowest BCUT2D eigenvalue weighted by molar-refractivity contribution is 0.187. The van der Waals surface area contributed by atoms with Crippen molar-refractivity contribution in [2.45, 2.75) is 63.5 Å². The Balaban J connectivity index is 1.24. The minimum absolute atomic E-state index is 0.722. The van der Waals surface area contributed by atoms with Crippen LogP contribution >= 0.6 is 11.1 Å². The highest BCUT2D eigenvalue weighted by Gasteiger charge is 2.30. The molecule has 0 atom stereocenters. The average molecular weight is 433 g/mol. The molecule has 0 radical (unpaired) electrons. The predicted octanol–water partition coefficient (Wildman–Crippen LogP) is 7.74. The van der Waals surface area contributed by atoms with Crippen LogP contribution in [0.4, 0.5) is 8.78 Å². The van der Waals surface area contributed by atoms with Crippen LogP contribution < -0.4 is 0 Å². The zero-order chi connectivity index (χ0) is 20.2. The second kappa shape index (κ2) is 9.74. The van der Waals surface area contributed by atoms with Gasteiger partial charge in [0.1, 0.15) is 8.11 Å². The van der Waals surface area contributed by atoms with Crippen molar-refractivity contribution in [3.05, 3.63) is 59.7 Å². The minimum Gasteiger partial charge on any atom is -0.204 e. The Morgan fingerprint density at radius 3 is 2.03 bits per heavy atom. The van der Waals surface area contributed by atoms with E-state index in [9.17, 15) is 8.78 Å². The average Bonchev–Trinajstić information content (AvgIpc) is 2.76. The maximum Gasteiger partial charge on any atom is 0.159 e. The molecule has 1 aliphatic carbocycles. The van der Waals surface area contributed by atoms with E-state index in [1.54, 1.807) is 6.07 Å². The van der Waals surface area contributed by atoms with Gasteiger partial charge in [0.2, 0.25) is 0 Å². The van der Waals surface area contributed by atoms with Gasteiger partial charge in [-0.15, -0.1) is 0 Å². The molecule has 4 heteroatoms. The van der Waals surface area contributed by atoms with Crippen molar-refractivity contribution in [3.8, 4) is 11.1 Å². The molecule has 29 heavy (non-hydrogen) atoms. The lowest BCUT2D eigenvalue weighted by Crippen LogP contribution is -2.26. The summed E-state index contributed by atoms with van der Waals surface area (Å²) in [4.78, 5) is 0. The third-order valence-electron chi connectivity index (χ3n) is 7.31. The summed E-state index contributed by atoms with van der Waals surface area (Å²) in [5.41, 5.74) is 2.99. The van der Waals surface area contributed by atoms with E-state index in [1.807, 2.05) is 12.1 Å². The molecule has 1 aliphatic heterocycles. The van der Waals surface area contributed by atoms with Crippen LogP contribution in [0.3, 0.4) is 0 Å². The van der Waals surface area contributed by atoms with Crippen LogP contribution in [-0.4, -0.2) is 8.11 Å². The molecule has 1 saturated carbocycles. The van der Waals surface area contributed by atoms with Gasteiger partial charge in [0, 0.05) is 0 Å². The number of hydrogen-bond donors (Lipinski definition) is 0. The zero-order valence-corrected chi connectivity index (χ0v) is 19.0. The summed E-state index contributed by atoms with van der Waals surface area (Å²) in [6.45, 7) is 0. The Morgan fingerprint density at radius 1 is 0.759 bits per heavy atom. The predicted molar refractivity (Wildman–Crippen MR) is 121 cm³/mol. The topological polar surface area (TPSA) is 0 Å². The molecule has 1 heterocycles. The van der Waals surface area contributed by atoms with Crippen LogP contribution in [0.5, 0.6) is 0 Å². The van der Waals surface area contributed by atoms with E-state index >= 15 is 0 Å². The van der Waals surface area contributed by atoms with E-state index in [2.05, 4.69) is 12.1 Å². The number of rotatable bonds is 5. The van der Waals surface area contributed by atoms with Crippen LogP contribution in [0.15, 0.2) is 42.5 Å². The van der Waals surface area contributed by atoms with Gasteiger partial charge in [-0.05, 0) is 84.3 Å². The van der Waals surface area contributed by atoms with Gasteiger partial charge in [-0.25, -0.2) is 8.78 Å². The van der Waals surface area contributed by atoms with Crippen LogP contribution in [0.2, 0.25) is 12.1 Å². The molecule has 2 aliphatic rings. The first-order valence-corrected chi connectivity index (χ1v) is 14.6. The van der Waals surface area contributed by atoms with Gasteiger partial charge in [0.05, 0.1) is 0 Å². The molecule has 156 valence electrons. The van der Waals surface area contributed by atoms with E-state index in [-0.39, 0.29) is 0 Å². The zero-order valence-electron chi connectivity index (χ0n) is 17.1. The Morgan fingerprint density at radius 2 is 1.38 bits per heavy atom. The summed E-state index contributed by atoms with van der Waals surface area (Å²) in [5, 5.41) is 0. The Kier molecular flexibility index (Phi) is 7.07. The van der Waals surface area contributed by atoms with Crippen molar-refractivity contribution < 1.29 is 8.78 Å². The molecule has 0 aromatic heterocycles. The summed E-state index contributed by atoms with van der Waals surface area (Å²) in [7, 11) is -0.838. The second-order valence-corrected chi connectivity index (χ2v) is 13.4. The normalized spacial score (nSPS) is 27.7. The van der Waals surface area contributed by atoms with Gasteiger partial charge in [0.25, 0.3) is 0 Å². The highest BCUT2D eigenvalue weighted by Crippen LogP contribution is 2.41. The summed E-state index contributed by atoms with van der Waals surface area (Å²) in [6, 6.07) is 15.1. The highest BCUT2D eigenvalue weighted by molar-refractivity contribution is 7.07. The van der Waals surface area contributed by atoms with Crippen molar-refractivity contribution in [1.29, 1.82) is 0 Å². The molecule has 0 unspecified atom stereocenters. The van der Waals surface area contributed by atoms with Crippen molar-refractivity contribution in [2.75, 3.05) is 0 Å². The second-order valence-electron chi connectivity index (χ2n) is 9.16. The molecular formula is C25H31ClF2Si. The van der Waals surface area contributed by atoms with Crippen molar-refractivity contribution in [3.63, 3.8) is 0 Å². The molecule has 1 saturated heterocycles. The maximum absolute atomic E-state index is 13.5. The van der Waals surface area contributed by atoms with E-state index in [0.29, 0.717) is 0 Å². The molecule has 0 bridgehead atoms. The Labute approximate surface area is 180 Å². The highest BCUT2D eigenvalue weighted by atomic mass is 35.6. The maximum atomic E-state index is 13.5. The Bertz CT molecular complexity index is 791. The van der Waals surface area contributed by atoms with E-state index in [0.717, 1.165) is 35.3 Å². The van der Waals surface area contributed by atoms with Gasteiger partial charge in [-0.1, -0.05) is 56.0 Å². The monoisotopic (exact) mass is 432 g/mol. The van der Waals surface area contributed by atoms with Gasteiger partial charge < -0.3 is 0 Å². The molecular weight excluding hydrogens is 402 g/mol. The number of hydrogen-bond acceptors (Lipinski definition) is 0.